The topological polar surface area (TPSA) is 75.3 Å². The van der Waals surface area contributed by atoms with Crippen LogP contribution in [-0.4, -0.2) is 38.7 Å². The molecule has 1 aliphatic heterocycles. The Morgan fingerprint density at radius 1 is 1.53 bits per heavy atom. The molecule has 5 nitrogen and oxygen atoms in total. The monoisotopic (exact) mass is 236 g/mol. The van der Waals surface area contributed by atoms with Crippen molar-refractivity contribution in [3.63, 3.8) is 0 Å². The van der Waals surface area contributed by atoms with Crippen molar-refractivity contribution >= 4 is 5.82 Å². The Hall–Kier alpha value is -1.20. The molecule has 94 valence electrons. The largest absolute Gasteiger partial charge is 0.395 e. The van der Waals surface area contributed by atoms with E-state index in [-0.39, 0.29) is 12.6 Å². The number of likely N-dealkylation sites (tertiary alicyclic amines) is 1. The number of nitrogens with two attached hydrogens (primary N) is 1. The van der Waals surface area contributed by atoms with E-state index < -0.39 is 0 Å². The third-order valence-corrected chi connectivity index (χ3v) is 3.46. The number of nitrogen functional groups attached to an aromatic ring is 1. The van der Waals surface area contributed by atoms with Gasteiger partial charge in [0.15, 0.2) is 0 Å². The first-order valence-corrected chi connectivity index (χ1v) is 6.14. The van der Waals surface area contributed by atoms with E-state index in [1.54, 1.807) is 12.3 Å². The summed E-state index contributed by atoms with van der Waals surface area (Å²) in [5.41, 5.74) is 5.65. The summed E-state index contributed by atoms with van der Waals surface area (Å²) in [6, 6.07) is 2.38. The maximum absolute atomic E-state index is 9.40. The Balaban J connectivity index is 2.09. The Bertz CT molecular complexity index is 371. The third-order valence-electron chi connectivity index (χ3n) is 3.46. The number of anilines is 1. The first kappa shape index (κ1) is 12.3. The first-order valence-electron chi connectivity index (χ1n) is 6.14. The summed E-state index contributed by atoms with van der Waals surface area (Å²) < 4.78 is 0. The zero-order valence-corrected chi connectivity index (χ0v) is 10.2. The number of aromatic nitrogens is 2. The molecular weight excluding hydrogens is 216 g/mol. The maximum atomic E-state index is 9.40. The molecule has 1 aromatic heterocycles. The molecule has 0 spiro atoms. The van der Waals surface area contributed by atoms with Gasteiger partial charge in [-0.15, -0.1) is 0 Å². The van der Waals surface area contributed by atoms with E-state index in [1.165, 1.54) is 12.8 Å². The predicted molar refractivity (Wildman–Crippen MR) is 66.2 cm³/mol. The van der Waals surface area contributed by atoms with Crippen molar-refractivity contribution in [3.05, 3.63) is 18.1 Å². The van der Waals surface area contributed by atoms with Gasteiger partial charge in [-0.3, -0.25) is 4.90 Å². The Labute approximate surface area is 102 Å². The van der Waals surface area contributed by atoms with Crippen molar-refractivity contribution in [2.24, 2.45) is 0 Å². The number of rotatable bonds is 3. The normalized spacial score (nSPS) is 26.0. The van der Waals surface area contributed by atoms with Crippen molar-refractivity contribution in [2.45, 2.75) is 44.8 Å². The van der Waals surface area contributed by atoms with Crippen molar-refractivity contribution in [1.29, 1.82) is 0 Å². The fraction of sp³-hybridized carbons (Fsp3) is 0.667. The minimum Gasteiger partial charge on any atom is -0.395 e. The smallest absolute Gasteiger partial charge is 0.144 e. The van der Waals surface area contributed by atoms with Crippen LogP contribution in [0, 0.1) is 0 Å². The van der Waals surface area contributed by atoms with Gasteiger partial charge in [-0.2, -0.15) is 0 Å². The van der Waals surface area contributed by atoms with Crippen LogP contribution in [0.15, 0.2) is 12.3 Å². The zero-order valence-electron chi connectivity index (χ0n) is 10.2. The number of piperidine rings is 1. The minimum absolute atomic E-state index is 0.201. The average Bonchev–Trinajstić information content (AvgIpc) is 2.32. The van der Waals surface area contributed by atoms with Gasteiger partial charge < -0.3 is 10.8 Å². The highest BCUT2D eigenvalue weighted by Crippen LogP contribution is 2.23. The number of hydrogen-bond donors (Lipinski definition) is 2. The Morgan fingerprint density at radius 3 is 3.06 bits per heavy atom. The van der Waals surface area contributed by atoms with Crippen LogP contribution in [0.25, 0.3) is 0 Å². The SMILES string of the molecule is C[C@H]1CCC[C@@H](CO)N1Cc1nccc(N)n1. The fourth-order valence-electron chi connectivity index (χ4n) is 2.48. The third kappa shape index (κ3) is 2.92. The summed E-state index contributed by atoms with van der Waals surface area (Å²) in [5.74, 6) is 1.23. The second kappa shape index (κ2) is 5.42. The van der Waals surface area contributed by atoms with Crippen LogP contribution in [0.3, 0.4) is 0 Å². The van der Waals surface area contributed by atoms with E-state index in [2.05, 4.69) is 21.8 Å². The van der Waals surface area contributed by atoms with Crippen molar-refractivity contribution in [2.75, 3.05) is 12.3 Å². The van der Waals surface area contributed by atoms with Crippen molar-refractivity contribution in [3.8, 4) is 0 Å². The lowest BCUT2D eigenvalue weighted by Gasteiger charge is -2.39. The lowest BCUT2D eigenvalue weighted by molar-refractivity contribution is 0.0431. The van der Waals surface area contributed by atoms with Gasteiger partial charge in [0.25, 0.3) is 0 Å². The van der Waals surface area contributed by atoms with Crippen molar-refractivity contribution < 1.29 is 5.11 Å². The van der Waals surface area contributed by atoms with Crippen LogP contribution in [0.5, 0.6) is 0 Å². The summed E-state index contributed by atoms with van der Waals surface area (Å²) in [5, 5.41) is 9.40. The van der Waals surface area contributed by atoms with Gasteiger partial charge in [0.1, 0.15) is 11.6 Å². The highest BCUT2D eigenvalue weighted by atomic mass is 16.3. The molecule has 17 heavy (non-hydrogen) atoms. The fourth-order valence-corrected chi connectivity index (χ4v) is 2.48. The van der Waals surface area contributed by atoms with Gasteiger partial charge >= 0.3 is 0 Å². The van der Waals surface area contributed by atoms with Crippen LogP contribution in [-0.2, 0) is 6.54 Å². The molecule has 0 unspecified atom stereocenters. The summed E-state index contributed by atoms with van der Waals surface area (Å²) in [7, 11) is 0. The maximum Gasteiger partial charge on any atom is 0.144 e. The van der Waals surface area contributed by atoms with E-state index in [4.69, 9.17) is 5.73 Å². The number of nitrogens with zero attached hydrogens (tertiary/aromatic N) is 3. The van der Waals surface area contributed by atoms with Crippen LogP contribution in [0.1, 0.15) is 32.0 Å². The molecular formula is C12H20N4O. The summed E-state index contributed by atoms with van der Waals surface area (Å²) >= 11 is 0. The van der Waals surface area contributed by atoms with E-state index in [0.717, 1.165) is 12.2 Å². The van der Waals surface area contributed by atoms with Gasteiger partial charge in [0, 0.05) is 18.3 Å². The summed E-state index contributed by atoms with van der Waals surface area (Å²) in [6.45, 7) is 3.05. The van der Waals surface area contributed by atoms with Gasteiger partial charge in [-0.1, -0.05) is 6.42 Å². The second-order valence-electron chi connectivity index (χ2n) is 4.69. The minimum atomic E-state index is 0.201. The van der Waals surface area contributed by atoms with Gasteiger partial charge in [-0.25, -0.2) is 9.97 Å². The van der Waals surface area contributed by atoms with Crippen molar-refractivity contribution in [1.82, 2.24) is 14.9 Å². The summed E-state index contributed by atoms with van der Waals surface area (Å²) in [6.07, 6.45) is 5.07. The molecule has 1 saturated heterocycles. The molecule has 2 atom stereocenters. The molecule has 0 saturated carbocycles. The summed E-state index contributed by atoms with van der Waals surface area (Å²) in [4.78, 5) is 10.7. The molecule has 5 heteroatoms. The Kier molecular flexibility index (Phi) is 3.91. The van der Waals surface area contributed by atoms with E-state index in [9.17, 15) is 5.11 Å². The molecule has 0 bridgehead atoms. The molecule has 2 rings (SSSR count). The molecule has 1 aromatic rings. The molecule has 3 N–H and O–H groups in total. The van der Waals surface area contributed by atoms with Crippen LogP contribution < -0.4 is 5.73 Å². The van der Waals surface area contributed by atoms with E-state index >= 15 is 0 Å². The molecule has 0 amide bonds. The highest BCUT2D eigenvalue weighted by Gasteiger charge is 2.27. The van der Waals surface area contributed by atoms with Gasteiger partial charge in [0.05, 0.1) is 13.2 Å². The lowest BCUT2D eigenvalue weighted by atomic mass is 9.97. The Morgan fingerprint density at radius 2 is 2.35 bits per heavy atom. The number of aliphatic hydroxyl groups excluding tert-OH is 1. The standard InChI is InChI=1S/C12H20N4O/c1-9-3-2-4-10(8-17)16(9)7-12-14-6-5-11(13)15-12/h5-6,9-10,17H,2-4,7-8H2,1H3,(H2,13,14,15)/t9-,10-/m0/s1. The zero-order chi connectivity index (χ0) is 12.3. The van der Waals surface area contributed by atoms with Gasteiger partial charge in [0.2, 0.25) is 0 Å². The molecule has 0 aromatic carbocycles. The number of aliphatic hydroxyl groups is 1. The predicted octanol–water partition coefficient (Wildman–Crippen LogP) is 0.794. The number of hydrogen-bond acceptors (Lipinski definition) is 5. The molecule has 1 fully saturated rings. The lowest BCUT2D eigenvalue weighted by Crippen LogP contribution is -2.46. The van der Waals surface area contributed by atoms with Crippen LogP contribution >= 0.6 is 0 Å². The second-order valence-corrected chi connectivity index (χ2v) is 4.69. The molecule has 0 radical (unpaired) electrons. The van der Waals surface area contributed by atoms with E-state index in [0.29, 0.717) is 18.4 Å². The quantitative estimate of drug-likeness (QED) is 0.811. The van der Waals surface area contributed by atoms with Crippen LogP contribution in [0.4, 0.5) is 5.82 Å². The van der Waals surface area contributed by atoms with E-state index in [1.807, 2.05) is 0 Å². The first-order chi connectivity index (χ1) is 8.20. The molecule has 2 heterocycles. The molecule has 0 aliphatic carbocycles. The highest BCUT2D eigenvalue weighted by molar-refractivity contribution is 5.25. The average molecular weight is 236 g/mol. The van der Waals surface area contributed by atoms with Gasteiger partial charge in [-0.05, 0) is 25.8 Å². The van der Waals surface area contributed by atoms with Crippen LogP contribution in [0.2, 0.25) is 0 Å². The molecule has 1 aliphatic rings.